The first-order chi connectivity index (χ1) is 9.36. The van der Waals surface area contributed by atoms with Gasteiger partial charge in [0.2, 0.25) is 0 Å². The van der Waals surface area contributed by atoms with Crippen molar-refractivity contribution < 1.29 is 0 Å². The Morgan fingerprint density at radius 3 is 3.11 bits per heavy atom. The minimum atomic E-state index is 0.462. The molecule has 0 unspecified atom stereocenters. The van der Waals surface area contributed by atoms with E-state index in [0.29, 0.717) is 11.5 Å². The van der Waals surface area contributed by atoms with E-state index < -0.39 is 0 Å². The van der Waals surface area contributed by atoms with Crippen molar-refractivity contribution in [2.45, 2.75) is 18.8 Å². The van der Waals surface area contributed by atoms with Crippen LogP contribution >= 0.6 is 0 Å². The largest absolute Gasteiger partial charge is 0.356 e. The second-order valence-electron chi connectivity index (χ2n) is 4.81. The Balaban J connectivity index is 1.80. The van der Waals surface area contributed by atoms with Crippen molar-refractivity contribution >= 4 is 5.82 Å². The number of pyridine rings is 1. The number of rotatable bonds is 2. The Kier molecular flexibility index (Phi) is 3.15. The molecule has 0 saturated carbocycles. The zero-order valence-corrected chi connectivity index (χ0v) is 10.6. The number of aromatic amines is 1. The van der Waals surface area contributed by atoms with E-state index >= 15 is 0 Å². The smallest absolute Gasteiger partial charge is 0.129 e. The van der Waals surface area contributed by atoms with Crippen LogP contribution in [0.25, 0.3) is 0 Å². The Hall–Kier alpha value is -2.35. The fourth-order valence-electron chi connectivity index (χ4n) is 2.59. The van der Waals surface area contributed by atoms with E-state index in [2.05, 4.69) is 26.2 Å². The van der Waals surface area contributed by atoms with E-state index in [1.165, 1.54) is 5.69 Å². The first-order valence-corrected chi connectivity index (χ1v) is 6.47. The quantitative estimate of drug-likeness (QED) is 0.889. The molecule has 3 heterocycles. The van der Waals surface area contributed by atoms with Crippen LogP contribution in [0.2, 0.25) is 0 Å². The molecule has 96 valence electrons. The Morgan fingerprint density at radius 1 is 1.37 bits per heavy atom. The average Bonchev–Trinajstić information content (AvgIpc) is 3.02. The standard InChI is InChI=1S/C14H15N5/c15-9-11-3-5-16-14(8-11)19-7-1-2-12(10-19)13-4-6-17-18-13/h3-6,8,12H,1-2,7,10H2,(H,17,18)/t12-/m1/s1. The van der Waals surface area contributed by atoms with Crippen LogP contribution in [0.15, 0.2) is 30.6 Å². The zero-order chi connectivity index (χ0) is 13.1. The molecule has 2 aromatic heterocycles. The van der Waals surface area contributed by atoms with Crippen molar-refractivity contribution in [3.05, 3.63) is 41.9 Å². The molecular weight excluding hydrogens is 238 g/mol. The van der Waals surface area contributed by atoms with E-state index in [0.717, 1.165) is 31.7 Å². The van der Waals surface area contributed by atoms with Gasteiger partial charge in [-0.15, -0.1) is 0 Å². The van der Waals surface area contributed by atoms with Gasteiger partial charge in [0.1, 0.15) is 5.82 Å². The van der Waals surface area contributed by atoms with Gasteiger partial charge in [0, 0.05) is 37.1 Å². The lowest BCUT2D eigenvalue weighted by Crippen LogP contribution is -2.35. The molecule has 5 heteroatoms. The lowest BCUT2D eigenvalue weighted by atomic mass is 9.95. The molecule has 1 saturated heterocycles. The van der Waals surface area contributed by atoms with Gasteiger partial charge >= 0.3 is 0 Å². The molecule has 1 aliphatic rings. The van der Waals surface area contributed by atoms with Crippen LogP contribution in [0.1, 0.15) is 30.0 Å². The van der Waals surface area contributed by atoms with Gasteiger partial charge in [-0.3, -0.25) is 5.10 Å². The van der Waals surface area contributed by atoms with E-state index in [1.54, 1.807) is 18.5 Å². The van der Waals surface area contributed by atoms with Crippen LogP contribution < -0.4 is 4.90 Å². The van der Waals surface area contributed by atoms with E-state index in [9.17, 15) is 0 Å². The maximum absolute atomic E-state index is 8.95. The lowest BCUT2D eigenvalue weighted by Gasteiger charge is -2.33. The molecule has 0 spiro atoms. The van der Waals surface area contributed by atoms with Gasteiger partial charge in [-0.25, -0.2) is 4.98 Å². The summed E-state index contributed by atoms with van der Waals surface area (Å²) in [6.07, 6.45) is 5.79. The highest BCUT2D eigenvalue weighted by molar-refractivity contribution is 5.45. The molecule has 1 aliphatic heterocycles. The fourth-order valence-corrected chi connectivity index (χ4v) is 2.59. The van der Waals surface area contributed by atoms with Crippen molar-refractivity contribution in [2.75, 3.05) is 18.0 Å². The lowest BCUT2D eigenvalue weighted by molar-refractivity contribution is 0.498. The number of hydrogen-bond donors (Lipinski definition) is 1. The van der Waals surface area contributed by atoms with Crippen LogP contribution in [0.4, 0.5) is 5.82 Å². The fraction of sp³-hybridized carbons (Fsp3) is 0.357. The molecule has 0 amide bonds. The third-order valence-corrected chi connectivity index (χ3v) is 3.58. The predicted molar refractivity (Wildman–Crippen MR) is 71.7 cm³/mol. The second kappa shape index (κ2) is 5.11. The third kappa shape index (κ3) is 2.43. The minimum absolute atomic E-state index is 0.462. The molecule has 3 rings (SSSR count). The van der Waals surface area contributed by atoms with Gasteiger partial charge in [-0.2, -0.15) is 10.4 Å². The summed E-state index contributed by atoms with van der Waals surface area (Å²) < 4.78 is 0. The SMILES string of the molecule is N#Cc1ccnc(N2CCC[C@@H](c3ccn[nH]3)C2)c1. The van der Waals surface area contributed by atoms with Gasteiger partial charge in [-0.05, 0) is 31.0 Å². The van der Waals surface area contributed by atoms with Gasteiger partial charge in [0.15, 0.2) is 0 Å². The van der Waals surface area contributed by atoms with Crippen molar-refractivity contribution in [2.24, 2.45) is 0 Å². The van der Waals surface area contributed by atoms with E-state index in [4.69, 9.17) is 5.26 Å². The summed E-state index contributed by atoms with van der Waals surface area (Å²) in [5, 5.41) is 16.0. The molecule has 2 aromatic rings. The van der Waals surface area contributed by atoms with Gasteiger partial charge in [0.05, 0.1) is 11.6 Å². The number of aromatic nitrogens is 3. The number of hydrogen-bond acceptors (Lipinski definition) is 4. The number of piperidine rings is 1. The summed E-state index contributed by atoms with van der Waals surface area (Å²) in [4.78, 5) is 6.62. The monoisotopic (exact) mass is 253 g/mol. The van der Waals surface area contributed by atoms with Crippen molar-refractivity contribution in [3.8, 4) is 6.07 Å². The highest BCUT2D eigenvalue weighted by atomic mass is 15.2. The van der Waals surface area contributed by atoms with Crippen LogP contribution in [-0.4, -0.2) is 28.3 Å². The summed E-state index contributed by atoms with van der Waals surface area (Å²) >= 11 is 0. The zero-order valence-electron chi connectivity index (χ0n) is 10.6. The van der Waals surface area contributed by atoms with Crippen molar-refractivity contribution in [3.63, 3.8) is 0 Å². The first-order valence-electron chi connectivity index (χ1n) is 6.47. The molecule has 19 heavy (non-hydrogen) atoms. The van der Waals surface area contributed by atoms with Gasteiger partial charge < -0.3 is 4.90 Å². The molecule has 0 bridgehead atoms. The molecule has 0 radical (unpaired) electrons. The Labute approximate surface area is 111 Å². The number of anilines is 1. The minimum Gasteiger partial charge on any atom is -0.356 e. The van der Waals surface area contributed by atoms with Crippen molar-refractivity contribution in [1.29, 1.82) is 5.26 Å². The number of nitrogens with zero attached hydrogens (tertiary/aromatic N) is 4. The Bertz CT molecular complexity index is 584. The van der Waals surface area contributed by atoms with Gasteiger partial charge in [0.25, 0.3) is 0 Å². The molecular formula is C14H15N5. The molecule has 0 aromatic carbocycles. The summed E-state index contributed by atoms with van der Waals surface area (Å²) in [5.74, 6) is 1.35. The topological polar surface area (TPSA) is 68.6 Å². The summed E-state index contributed by atoms with van der Waals surface area (Å²) in [5.41, 5.74) is 1.84. The Morgan fingerprint density at radius 2 is 2.32 bits per heavy atom. The second-order valence-corrected chi connectivity index (χ2v) is 4.81. The maximum atomic E-state index is 8.95. The molecule has 5 nitrogen and oxygen atoms in total. The van der Waals surface area contributed by atoms with Crippen molar-refractivity contribution in [1.82, 2.24) is 15.2 Å². The molecule has 1 atom stereocenters. The first kappa shape index (κ1) is 11.7. The van der Waals surface area contributed by atoms with Crippen LogP contribution in [-0.2, 0) is 0 Å². The van der Waals surface area contributed by atoms with E-state index in [-0.39, 0.29) is 0 Å². The maximum Gasteiger partial charge on any atom is 0.129 e. The number of nitrogens with one attached hydrogen (secondary N) is 1. The third-order valence-electron chi connectivity index (χ3n) is 3.58. The molecule has 1 N–H and O–H groups in total. The van der Waals surface area contributed by atoms with Gasteiger partial charge in [-0.1, -0.05) is 0 Å². The molecule has 1 fully saturated rings. The van der Waals surface area contributed by atoms with E-state index in [1.807, 2.05) is 12.1 Å². The highest BCUT2D eigenvalue weighted by Crippen LogP contribution is 2.28. The number of nitriles is 1. The normalized spacial score (nSPS) is 19.1. The summed E-state index contributed by atoms with van der Waals surface area (Å²) in [7, 11) is 0. The summed E-state index contributed by atoms with van der Waals surface area (Å²) in [6.45, 7) is 1.91. The number of H-pyrrole nitrogens is 1. The summed E-state index contributed by atoms with van der Waals surface area (Å²) in [6, 6.07) is 7.79. The van der Waals surface area contributed by atoms with Crippen LogP contribution in [0, 0.1) is 11.3 Å². The van der Waals surface area contributed by atoms with Crippen LogP contribution in [0.3, 0.4) is 0 Å². The predicted octanol–water partition coefficient (Wildman–Crippen LogP) is 2.06. The molecule has 0 aliphatic carbocycles. The van der Waals surface area contributed by atoms with Crippen LogP contribution in [0.5, 0.6) is 0 Å². The highest BCUT2D eigenvalue weighted by Gasteiger charge is 2.23. The average molecular weight is 253 g/mol.